The van der Waals surface area contributed by atoms with Crippen molar-refractivity contribution in [1.29, 1.82) is 0 Å². The molecule has 0 atom stereocenters. The first-order valence-electron chi connectivity index (χ1n) is 9.20. The van der Waals surface area contributed by atoms with Gasteiger partial charge in [0.2, 0.25) is 0 Å². The lowest BCUT2D eigenvalue weighted by atomic mass is 10.1. The van der Waals surface area contributed by atoms with Gasteiger partial charge in [0.25, 0.3) is 5.91 Å². The third-order valence-corrected chi connectivity index (χ3v) is 5.74. The van der Waals surface area contributed by atoms with Crippen LogP contribution in [-0.4, -0.2) is 39.3 Å². The van der Waals surface area contributed by atoms with E-state index in [4.69, 9.17) is 0 Å². The van der Waals surface area contributed by atoms with E-state index in [2.05, 4.69) is 30.8 Å². The zero-order valence-corrected chi connectivity index (χ0v) is 16.3. The highest BCUT2D eigenvalue weighted by molar-refractivity contribution is 8.16. The number of anilines is 1. The number of hydrogen-bond acceptors (Lipinski definition) is 5. The van der Waals surface area contributed by atoms with E-state index in [-0.39, 0.29) is 17.0 Å². The van der Waals surface area contributed by atoms with Crippen LogP contribution in [0.2, 0.25) is 0 Å². The first kappa shape index (κ1) is 18.6. The minimum Gasteiger partial charge on any atom is -0.321 e. The number of fused-ring (bicyclic) bond motifs is 1. The van der Waals surface area contributed by atoms with Crippen LogP contribution in [0.15, 0.2) is 58.9 Å². The van der Waals surface area contributed by atoms with Crippen LogP contribution in [0.3, 0.4) is 0 Å². The van der Waals surface area contributed by atoms with Gasteiger partial charge in [-0.1, -0.05) is 23.9 Å². The molecule has 9 heteroatoms. The second-order valence-electron chi connectivity index (χ2n) is 6.76. The zero-order chi connectivity index (χ0) is 20.7. The average molecular weight is 423 g/mol. The molecule has 1 aromatic heterocycles. The van der Waals surface area contributed by atoms with E-state index >= 15 is 0 Å². The lowest BCUT2D eigenvalue weighted by Crippen LogP contribution is -2.19. The van der Waals surface area contributed by atoms with Gasteiger partial charge in [0.1, 0.15) is 17.3 Å². The van der Waals surface area contributed by atoms with Crippen molar-refractivity contribution in [2.75, 3.05) is 18.4 Å². The Kier molecular flexibility index (Phi) is 4.59. The highest BCUT2D eigenvalue weighted by Crippen LogP contribution is 2.35. The Hall–Kier alpha value is -3.46. The maximum absolute atomic E-state index is 13.9. The van der Waals surface area contributed by atoms with Crippen molar-refractivity contribution < 1.29 is 13.6 Å². The third kappa shape index (κ3) is 3.37. The fourth-order valence-corrected chi connectivity index (χ4v) is 4.31. The number of halogens is 2. The number of aromatic nitrogens is 2. The van der Waals surface area contributed by atoms with Crippen molar-refractivity contribution >= 4 is 34.2 Å². The number of aliphatic imine (C=N–C) groups is 1. The van der Waals surface area contributed by atoms with Crippen LogP contribution < -0.4 is 5.32 Å². The molecular weight excluding hydrogens is 408 g/mol. The van der Waals surface area contributed by atoms with Crippen LogP contribution in [0, 0.1) is 11.6 Å². The molecule has 3 heterocycles. The minimum atomic E-state index is -0.741. The van der Waals surface area contributed by atoms with Crippen LogP contribution in [0.1, 0.15) is 16.1 Å². The first-order chi connectivity index (χ1) is 14.6. The van der Waals surface area contributed by atoms with Crippen LogP contribution in [0.5, 0.6) is 0 Å². The fourth-order valence-electron chi connectivity index (χ4n) is 3.34. The molecule has 0 saturated carbocycles. The molecule has 0 unspecified atom stereocenters. The van der Waals surface area contributed by atoms with Crippen LogP contribution >= 0.6 is 11.8 Å². The Morgan fingerprint density at radius 1 is 1.13 bits per heavy atom. The van der Waals surface area contributed by atoms with Crippen molar-refractivity contribution in [1.82, 2.24) is 15.1 Å². The molecule has 1 amide bonds. The number of H-pyrrole nitrogens is 1. The highest BCUT2D eigenvalue weighted by atomic mass is 32.2. The molecule has 30 heavy (non-hydrogen) atoms. The average Bonchev–Trinajstić information content (AvgIpc) is 3.46. The van der Waals surface area contributed by atoms with Gasteiger partial charge in [-0.2, -0.15) is 5.10 Å². The van der Waals surface area contributed by atoms with Crippen molar-refractivity contribution in [3.8, 4) is 11.3 Å². The van der Waals surface area contributed by atoms with Gasteiger partial charge >= 0.3 is 0 Å². The number of carbonyl (C=O) groups is 1. The van der Waals surface area contributed by atoms with Crippen LogP contribution in [-0.2, 0) is 0 Å². The number of nitrogens with one attached hydrogen (secondary N) is 2. The summed E-state index contributed by atoms with van der Waals surface area (Å²) in [6.45, 7) is 1.69. The van der Waals surface area contributed by atoms with E-state index in [0.29, 0.717) is 5.69 Å². The molecule has 3 aromatic rings. The summed E-state index contributed by atoms with van der Waals surface area (Å²) in [5.74, 6) is -1.82. The van der Waals surface area contributed by atoms with Gasteiger partial charge in [-0.05, 0) is 35.9 Å². The molecule has 0 bridgehead atoms. The molecule has 2 aliphatic heterocycles. The molecule has 6 nitrogen and oxygen atoms in total. The Morgan fingerprint density at radius 2 is 1.97 bits per heavy atom. The molecule has 2 aromatic carbocycles. The van der Waals surface area contributed by atoms with Gasteiger partial charge < -0.3 is 10.2 Å². The molecule has 0 fully saturated rings. The Bertz CT molecular complexity index is 1200. The van der Waals surface area contributed by atoms with Gasteiger partial charge in [-0.15, -0.1) is 0 Å². The summed E-state index contributed by atoms with van der Waals surface area (Å²) >= 11 is 1.62. The van der Waals surface area contributed by atoms with Gasteiger partial charge in [-0.25, -0.2) is 8.78 Å². The summed E-state index contributed by atoms with van der Waals surface area (Å²) in [6, 6.07) is 12.2. The van der Waals surface area contributed by atoms with E-state index < -0.39 is 17.5 Å². The SMILES string of the molecule is O=C(Nc1ccc(C2=CSC3=NCCN23)cc1)c1cc(-c2ccc(F)cc2F)n[nH]1. The maximum atomic E-state index is 13.9. The van der Waals surface area contributed by atoms with Gasteiger partial charge in [0, 0.05) is 29.3 Å². The van der Waals surface area contributed by atoms with Crippen molar-refractivity contribution in [3.63, 3.8) is 0 Å². The van der Waals surface area contributed by atoms with E-state index in [1.54, 1.807) is 11.8 Å². The summed E-state index contributed by atoms with van der Waals surface area (Å²) in [5.41, 5.74) is 3.28. The number of rotatable bonds is 4. The molecule has 5 rings (SSSR count). The van der Waals surface area contributed by atoms with Crippen molar-refractivity contribution in [3.05, 3.63) is 76.8 Å². The predicted molar refractivity (Wildman–Crippen MR) is 113 cm³/mol. The standard InChI is InChI=1S/C21H15F2N5OS/c22-13-3-6-15(16(23)9-13)17-10-18(27-26-17)20(29)25-14-4-1-12(2-5-14)19-11-30-21-24-7-8-28(19)21/h1-6,9-11H,7-8H2,(H,25,29)(H,26,27). The second kappa shape index (κ2) is 7.42. The predicted octanol–water partition coefficient (Wildman–Crippen LogP) is 4.32. The Morgan fingerprint density at radius 3 is 2.77 bits per heavy atom. The Labute approximate surface area is 174 Å². The number of aromatic amines is 1. The number of hydrogen-bond donors (Lipinski definition) is 2. The van der Waals surface area contributed by atoms with Gasteiger partial charge in [-0.3, -0.25) is 14.9 Å². The van der Waals surface area contributed by atoms with Crippen molar-refractivity contribution in [2.24, 2.45) is 4.99 Å². The van der Waals surface area contributed by atoms with E-state index in [1.165, 1.54) is 12.1 Å². The summed E-state index contributed by atoms with van der Waals surface area (Å²) in [6.07, 6.45) is 0. The summed E-state index contributed by atoms with van der Waals surface area (Å²) in [7, 11) is 0. The fraction of sp³-hybridized carbons (Fsp3) is 0.0952. The molecule has 150 valence electrons. The minimum absolute atomic E-state index is 0.114. The number of nitrogens with zero attached hydrogens (tertiary/aromatic N) is 3. The molecule has 0 aliphatic carbocycles. The lowest BCUT2D eigenvalue weighted by Gasteiger charge is -2.16. The van der Waals surface area contributed by atoms with Gasteiger partial charge in [0.15, 0.2) is 5.17 Å². The molecular formula is C21H15F2N5OS. The number of amidine groups is 1. The van der Waals surface area contributed by atoms with Crippen LogP contribution in [0.25, 0.3) is 17.0 Å². The van der Waals surface area contributed by atoms with E-state index in [9.17, 15) is 13.6 Å². The van der Waals surface area contributed by atoms with Crippen LogP contribution in [0.4, 0.5) is 14.5 Å². The molecule has 2 N–H and O–H groups in total. The quantitative estimate of drug-likeness (QED) is 0.655. The number of amides is 1. The smallest absolute Gasteiger partial charge is 0.273 e. The second-order valence-corrected chi connectivity index (χ2v) is 7.60. The topological polar surface area (TPSA) is 73.4 Å². The largest absolute Gasteiger partial charge is 0.321 e. The molecule has 2 aliphatic rings. The highest BCUT2D eigenvalue weighted by Gasteiger charge is 2.27. The van der Waals surface area contributed by atoms with Crippen molar-refractivity contribution in [2.45, 2.75) is 0 Å². The summed E-state index contributed by atoms with van der Waals surface area (Å²) in [4.78, 5) is 19.1. The van der Waals surface area contributed by atoms with Gasteiger partial charge in [0.05, 0.1) is 17.9 Å². The zero-order valence-electron chi connectivity index (χ0n) is 15.5. The summed E-state index contributed by atoms with van der Waals surface area (Å²) < 4.78 is 27.0. The Balaban J connectivity index is 1.29. The maximum Gasteiger partial charge on any atom is 0.273 e. The van der Waals surface area contributed by atoms with E-state index in [0.717, 1.165) is 41.7 Å². The number of benzene rings is 2. The molecule has 0 saturated heterocycles. The molecule has 0 spiro atoms. The van der Waals surface area contributed by atoms with E-state index in [1.807, 2.05) is 24.3 Å². The normalized spacial score (nSPS) is 15.1. The number of thioether (sulfide) groups is 1. The molecule has 0 radical (unpaired) electrons. The first-order valence-corrected chi connectivity index (χ1v) is 10.1. The monoisotopic (exact) mass is 423 g/mol. The number of carbonyl (C=O) groups excluding carboxylic acids is 1. The lowest BCUT2D eigenvalue weighted by molar-refractivity contribution is 0.102. The third-order valence-electron chi connectivity index (χ3n) is 4.84. The summed E-state index contributed by atoms with van der Waals surface area (Å²) in [5, 5.41) is 12.4.